The summed E-state index contributed by atoms with van der Waals surface area (Å²) >= 11 is 0. The molecule has 0 unspecified atom stereocenters. The van der Waals surface area contributed by atoms with Crippen LogP contribution < -0.4 is 4.74 Å². The lowest BCUT2D eigenvalue weighted by Gasteiger charge is -2.10. The van der Waals surface area contributed by atoms with E-state index >= 15 is 0 Å². The van der Waals surface area contributed by atoms with Gasteiger partial charge in [-0.3, -0.25) is 15.1 Å². The average Bonchev–Trinajstić information content (AvgIpc) is 3.51. The van der Waals surface area contributed by atoms with Gasteiger partial charge in [-0.15, -0.1) is 0 Å². The summed E-state index contributed by atoms with van der Waals surface area (Å²) in [7, 11) is 5.60. The summed E-state index contributed by atoms with van der Waals surface area (Å²) in [5.41, 5.74) is 7.96. The number of ether oxygens (including phenoxy) is 1. The molecule has 6 aromatic rings. The molecule has 184 valence electrons. The van der Waals surface area contributed by atoms with Gasteiger partial charge in [-0.1, -0.05) is 12.1 Å². The van der Waals surface area contributed by atoms with Crippen LogP contribution in [0, 0.1) is 5.82 Å². The summed E-state index contributed by atoms with van der Waals surface area (Å²) in [6.07, 6.45) is 5.50. The fourth-order valence-electron chi connectivity index (χ4n) is 4.73. The van der Waals surface area contributed by atoms with Crippen LogP contribution in [-0.2, 0) is 6.54 Å². The lowest BCUT2D eigenvalue weighted by Crippen LogP contribution is -2.10. The Kier molecular flexibility index (Phi) is 5.65. The molecule has 0 saturated carbocycles. The summed E-state index contributed by atoms with van der Waals surface area (Å²) in [5, 5.41) is 9.61. The first kappa shape index (κ1) is 22.9. The molecule has 7 nitrogen and oxygen atoms in total. The Morgan fingerprint density at radius 3 is 2.65 bits per heavy atom. The molecule has 2 N–H and O–H groups in total. The molecule has 0 spiro atoms. The van der Waals surface area contributed by atoms with Crippen LogP contribution in [0.4, 0.5) is 4.39 Å². The number of hydrogen-bond donors (Lipinski definition) is 2. The van der Waals surface area contributed by atoms with Crippen molar-refractivity contribution in [2.24, 2.45) is 0 Å². The van der Waals surface area contributed by atoms with Gasteiger partial charge < -0.3 is 14.6 Å². The van der Waals surface area contributed by atoms with Crippen molar-refractivity contribution < 1.29 is 9.13 Å². The quantitative estimate of drug-likeness (QED) is 0.296. The maximum Gasteiger partial charge on any atom is 0.127 e. The third-order valence-electron chi connectivity index (χ3n) is 6.37. The fourth-order valence-corrected chi connectivity index (χ4v) is 4.73. The van der Waals surface area contributed by atoms with E-state index in [0.717, 1.165) is 67.7 Å². The van der Waals surface area contributed by atoms with E-state index < -0.39 is 0 Å². The van der Waals surface area contributed by atoms with Crippen LogP contribution in [-0.4, -0.2) is 51.3 Å². The number of halogens is 1. The van der Waals surface area contributed by atoms with Gasteiger partial charge in [0.2, 0.25) is 0 Å². The largest absolute Gasteiger partial charge is 0.497 e. The Morgan fingerprint density at radius 1 is 0.919 bits per heavy atom. The Labute approximate surface area is 213 Å². The van der Waals surface area contributed by atoms with E-state index in [9.17, 15) is 4.39 Å². The van der Waals surface area contributed by atoms with Gasteiger partial charge in [0.05, 0.1) is 30.2 Å². The van der Waals surface area contributed by atoms with E-state index in [1.165, 1.54) is 19.2 Å². The van der Waals surface area contributed by atoms with Crippen LogP contribution in [0.15, 0.2) is 73.2 Å². The van der Waals surface area contributed by atoms with Crippen molar-refractivity contribution in [3.8, 4) is 39.5 Å². The van der Waals surface area contributed by atoms with E-state index in [1.54, 1.807) is 6.20 Å². The molecule has 0 amide bonds. The van der Waals surface area contributed by atoms with Crippen molar-refractivity contribution in [1.82, 2.24) is 30.0 Å². The lowest BCUT2D eigenvalue weighted by atomic mass is 10.0. The number of methoxy groups -OCH3 is 1. The topological polar surface area (TPSA) is 82.7 Å². The van der Waals surface area contributed by atoms with E-state index in [4.69, 9.17) is 4.74 Å². The van der Waals surface area contributed by atoms with Gasteiger partial charge in [0.15, 0.2) is 0 Å². The first-order valence-electron chi connectivity index (χ1n) is 11.9. The van der Waals surface area contributed by atoms with Crippen LogP contribution in [0.2, 0.25) is 0 Å². The minimum absolute atomic E-state index is 0.343. The number of H-pyrrole nitrogens is 2. The van der Waals surface area contributed by atoms with Gasteiger partial charge in [0.25, 0.3) is 0 Å². The molecule has 0 saturated heterocycles. The Bertz CT molecular complexity index is 1750. The monoisotopic (exact) mass is 492 g/mol. The second-order valence-corrected chi connectivity index (χ2v) is 9.34. The van der Waals surface area contributed by atoms with Gasteiger partial charge in [-0.2, -0.15) is 5.10 Å². The summed E-state index contributed by atoms with van der Waals surface area (Å²) in [5.74, 6) is 0.134. The Hall–Kier alpha value is -4.56. The van der Waals surface area contributed by atoms with Crippen LogP contribution >= 0.6 is 0 Å². The zero-order chi connectivity index (χ0) is 25.5. The van der Waals surface area contributed by atoms with E-state index in [2.05, 4.69) is 42.2 Å². The number of nitrogens with one attached hydrogen (secondary N) is 2. The van der Waals surface area contributed by atoms with Crippen molar-refractivity contribution in [1.29, 1.82) is 0 Å². The molecular weight excluding hydrogens is 467 g/mol. The number of pyridine rings is 2. The van der Waals surface area contributed by atoms with Crippen molar-refractivity contribution in [3.63, 3.8) is 0 Å². The highest BCUT2D eigenvalue weighted by Gasteiger charge is 2.16. The number of hydrogen-bond acceptors (Lipinski definition) is 5. The fraction of sp³-hybridized carbons (Fsp3) is 0.138. The molecule has 0 bridgehead atoms. The second-order valence-electron chi connectivity index (χ2n) is 9.34. The maximum absolute atomic E-state index is 14.3. The number of aromatic amines is 2. The molecule has 4 heterocycles. The summed E-state index contributed by atoms with van der Waals surface area (Å²) in [6.45, 7) is 0.800. The lowest BCUT2D eigenvalue weighted by molar-refractivity contribution is 0.402. The number of fused-ring (bicyclic) bond motifs is 2. The third kappa shape index (κ3) is 4.32. The van der Waals surface area contributed by atoms with Gasteiger partial charge >= 0.3 is 0 Å². The van der Waals surface area contributed by atoms with E-state index in [0.29, 0.717) is 5.75 Å². The Morgan fingerprint density at radius 2 is 1.81 bits per heavy atom. The molecule has 6 rings (SSSR count). The van der Waals surface area contributed by atoms with Gasteiger partial charge in [0, 0.05) is 46.9 Å². The van der Waals surface area contributed by atoms with Gasteiger partial charge in [0.1, 0.15) is 17.3 Å². The highest BCUT2D eigenvalue weighted by atomic mass is 19.1. The zero-order valence-electron chi connectivity index (χ0n) is 20.7. The molecule has 37 heavy (non-hydrogen) atoms. The molecule has 0 aliphatic heterocycles. The normalized spacial score (nSPS) is 11.6. The molecule has 2 aromatic carbocycles. The standard InChI is InChI=1S/C29H25FN6O/c1-36(2)16-17-7-19(14-31-13-17)26-12-24-28(15-32-26)34-35-29(24)27-11-23-22(5-4-6-25(23)33-27)18-8-20(30)10-21(9-18)37-3/h4-15,33H,16H2,1-3H3,(H,34,35). The van der Waals surface area contributed by atoms with E-state index in [-0.39, 0.29) is 5.82 Å². The van der Waals surface area contributed by atoms with Crippen LogP contribution in [0.25, 0.3) is 55.6 Å². The number of aromatic nitrogens is 5. The number of nitrogens with zero attached hydrogens (tertiary/aromatic N) is 4. The number of rotatable bonds is 6. The minimum atomic E-state index is -0.343. The summed E-state index contributed by atoms with van der Waals surface area (Å²) in [4.78, 5) is 14.7. The van der Waals surface area contributed by atoms with Gasteiger partial charge in [-0.05, 0) is 67.2 Å². The predicted molar refractivity (Wildman–Crippen MR) is 144 cm³/mol. The average molecular weight is 493 g/mol. The summed E-state index contributed by atoms with van der Waals surface area (Å²) < 4.78 is 19.5. The van der Waals surface area contributed by atoms with Crippen molar-refractivity contribution in [2.75, 3.05) is 21.2 Å². The molecule has 8 heteroatoms. The second kappa shape index (κ2) is 9.15. The SMILES string of the molecule is COc1cc(F)cc(-c2cccc3[nH]c(-c4n[nH]c5cnc(-c6cncc(CN(C)C)c6)cc45)cc23)c1. The first-order valence-corrected chi connectivity index (χ1v) is 11.9. The van der Waals surface area contributed by atoms with Crippen molar-refractivity contribution in [2.45, 2.75) is 6.54 Å². The molecule has 4 aromatic heterocycles. The Balaban J connectivity index is 1.45. The molecular formula is C29H25FN6O. The number of benzene rings is 2. The van der Waals surface area contributed by atoms with Crippen LogP contribution in [0.5, 0.6) is 5.75 Å². The van der Waals surface area contributed by atoms with Gasteiger partial charge in [-0.25, -0.2) is 4.39 Å². The molecule has 0 radical (unpaired) electrons. The maximum atomic E-state index is 14.3. The minimum Gasteiger partial charge on any atom is -0.497 e. The third-order valence-corrected chi connectivity index (χ3v) is 6.37. The van der Waals surface area contributed by atoms with E-state index in [1.807, 2.05) is 56.8 Å². The van der Waals surface area contributed by atoms with Crippen LogP contribution in [0.3, 0.4) is 0 Å². The smallest absolute Gasteiger partial charge is 0.127 e. The van der Waals surface area contributed by atoms with Crippen LogP contribution in [0.1, 0.15) is 5.56 Å². The zero-order valence-corrected chi connectivity index (χ0v) is 20.7. The molecule has 0 aliphatic carbocycles. The molecule has 0 aliphatic rings. The van der Waals surface area contributed by atoms with Crippen molar-refractivity contribution in [3.05, 3.63) is 84.6 Å². The first-order chi connectivity index (χ1) is 18.0. The van der Waals surface area contributed by atoms with Crippen molar-refractivity contribution >= 4 is 21.8 Å². The molecule has 0 atom stereocenters. The highest BCUT2D eigenvalue weighted by Crippen LogP contribution is 2.36. The summed E-state index contributed by atoms with van der Waals surface area (Å²) in [6, 6.07) is 16.9. The predicted octanol–water partition coefficient (Wildman–Crippen LogP) is 6.04. The molecule has 0 fully saturated rings. The highest BCUT2D eigenvalue weighted by molar-refractivity contribution is 6.01.